The van der Waals surface area contributed by atoms with Crippen molar-refractivity contribution in [1.82, 2.24) is 15.3 Å². The van der Waals surface area contributed by atoms with Gasteiger partial charge in [0.05, 0.1) is 5.02 Å². The first-order valence-electron chi connectivity index (χ1n) is 8.61. The summed E-state index contributed by atoms with van der Waals surface area (Å²) < 4.78 is 0. The Bertz CT molecular complexity index is 719. The zero-order chi connectivity index (χ0) is 17.8. The molecule has 5 nitrogen and oxygen atoms in total. The summed E-state index contributed by atoms with van der Waals surface area (Å²) >= 11 is 5.80. The lowest BCUT2D eigenvalue weighted by molar-refractivity contribution is 0.0940. The average molecular weight is 359 g/mol. The Morgan fingerprint density at radius 1 is 1.24 bits per heavy atom. The summed E-state index contributed by atoms with van der Waals surface area (Å²) in [4.78, 5) is 23.0. The first kappa shape index (κ1) is 17.7. The lowest BCUT2D eigenvalue weighted by Crippen LogP contribution is -2.38. The van der Waals surface area contributed by atoms with Gasteiger partial charge in [0.15, 0.2) is 0 Å². The third kappa shape index (κ3) is 4.69. The molecule has 3 rings (SSSR count). The molecule has 0 unspecified atom stereocenters. The summed E-state index contributed by atoms with van der Waals surface area (Å²) in [5.74, 6) is 0.357. The number of nitrogens with zero attached hydrogens (tertiary/aromatic N) is 3. The number of carbonyl (C=O) groups is 1. The van der Waals surface area contributed by atoms with E-state index in [-0.39, 0.29) is 5.91 Å². The van der Waals surface area contributed by atoms with Crippen LogP contribution < -0.4 is 10.2 Å². The molecular formula is C19H23ClN4O. The van der Waals surface area contributed by atoms with Crippen LogP contribution in [0.15, 0.2) is 30.5 Å². The van der Waals surface area contributed by atoms with Crippen molar-refractivity contribution < 1.29 is 4.79 Å². The van der Waals surface area contributed by atoms with Gasteiger partial charge in [0, 0.05) is 42.9 Å². The highest BCUT2D eigenvalue weighted by Gasteiger charge is 2.20. The Hall–Kier alpha value is -2.14. The predicted molar refractivity (Wildman–Crippen MR) is 100 cm³/mol. The van der Waals surface area contributed by atoms with Crippen LogP contribution >= 0.6 is 11.6 Å². The molecule has 1 amide bonds. The van der Waals surface area contributed by atoms with E-state index < -0.39 is 0 Å². The van der Waals surface area contributed by atoms with E-state index in [1.807, 2.05) is 13.8 Å². The Morgan fingerprint density at radius 2 is 1.92 bits per heavy atom. The number of aromatic nitrogens is 2. The standard InChI is InChI=1S/C19H23ClN4O/c1-13-9-17(10-14(2)23-13)24-7-5-15(6-8-24)11-22-19(25)18-4-3-16(20)12-21-18/h3-4,9-10,12,15H,5-8,11H2,1-2H3,(H,22,25). The number of hydrogen-bond acceptors (Lipinski definition) is 4. The molecule has 25 heavy (non-hydrogen) atoms. The highest BCUT2D eigenvalue weighted by Crippen LogP contribution is 2.24. The van der Waals surface area contributed by atoms with Crippen molar-refractivity contribution in [2.75, 3.05) is 24.5 Å². The smallest absolute Gasteiger partial charge is 0.269 e. The van der Waals surface area contributed by atoms with Gasteiger partial charge in [-0.2, -0.15) is 0 Å². The largest absolute Gasteiger partial charge is 0.371 e. The molecule has 3 heterocycles. The lowest BCUT2D eigenvalue weighted by Gasteiger charge is -2.34. The van der Waals surface area contributed by atoms with Gasteiger partial charge in [0.2, 0.25) is 0 Å². The molecule has 0 radical (unpaired) electrons. The van der Waals surface area contributed by atoms with E-state index >= 15 is 0 Å². The van der Waals surface area contributed by atoms with Gasteiger partial charge < -0.3 is 10.2 Å². The van der Waals surface area contributed by atoms with E-state index in [9.17, 15) is 4.79 Å². The monoisotopic (exact) mass is 358 g/mol. The average Bonchev–Trinajstić information content (AvgIpc) is 2.60. The molecular weight excluding hydrogens is 336 g/mol. The molecule has 0 saturated carbocycles. The van der Waals surface area contributed by atoms with E-state index in [0.29, 0.717) is 23.2 Å². The van der Waals surface area contributed by atoms with Crippen LogP contribution in [-0.2, 0) is 0 Å². The second-order valence-electron chi connectivity index (χ2n) is 6.61. The van der Waals surface area contributed by atoms with Crippen molar-refractivity contribution in [3.8, 4) is 0 Å². The molecule has 2 aromatic heterocycles. The van der Waals surface area contributed by atoms with Gasteiger partial charge in [0.25, 0.3) is 5.91 Å². The number of rotatable bonds is 4. The van der Waals surface area contributed by atoms with E-state index in [0.717, 1.165) is 37.3 Å². The van der Waals surface area contributed by atoms with Crippen molar-refractivity contribution in [2.45, 2.75) is 26.7 Å². The molecule has 132 valence electrons. The number of anilines is 1. The van der Waals surface area contributed by atoms with Gasteiger partial charge in [-0.05, 0) is 56.9 Å². The number of pyridine rings is 2. The van der Waals surface area contributed by atoms with Crippen LogP contribution in [0.4, 0.5) is 5.69 Å². The number of hydrogen-bond donors (Lipinski definition) is 1. The number of halogens is 1. The van der Waals surface area contributed by atoms with Crippen molar-refractivity contribution >= 4 is 23.2 Å². The van der Waals surface area contributed by atoms with Crippen molar-refractivity contribution in [1.29, 1.82) is 0 Å². The Morgan fingerprint density at radius 3 is 2.52 bits per heavy atom. The van der Waals surface area contributed by atoms with Gasteiger partial charge in [-0.3, -0.25) is 9.78 Å². The van der Waals surface area contributed by atoms with Gasteiger partial charge >= 0.3 is 0 Å². The summed E-state index contributed by atoms with van der Waals surface area (Å²) in [7, 11) is 0. The van der Waals surface area contributed by atoms with Crippen molar-refractivity contribution in [2.24, 2.45) is 5.92 Å². The maximum Gasteiger partial charge on any atom is 0.269 e. The molecule has 1 saturated heterocycles. The highest BCUT2D eigenvalue weighted by molar-refractivity contribution is 6.30. The minimum Gasteiger partial charge on any atom is -0.371 e. The fourth-order valence-electron chi connectivity index (χ4n) is 3.23. The number of piperidine rings is 1. The summed E-state index contributed by atoms with van der Waals surface area (Å²) in [6.07, 6.45) is 3.62. The predicted octanol–water partition coefficient (Wildman–Crippen LogP) is 3.39. The third-order valence-electron chi connectivity index (χ3n) is 4.56. The molecule has 0 spiro atoms. The number of amides is 1. The Balaban J connectivity index is 1.49. The summed E-state index contributed by atoms with van der Waals surface area (Å²) in [5, 5.41) is 3.52. The molecule has 6 heteroatoms. The van der Waals surface area contributed by atoms with Crippen LogP contribution in [0, 0.1) is 19.8 Å². The zero-order valence-electron chi connectivity index (χ0n) is 14.6. The number of aryl methyl sites for hydroxylation is 2. The van der Waals surface area contributed by atoms with Gasteiger partial charge in [-0.25, -0.2) is 4.98 Å². The van der Waals surface area contributed by atoms with Crippen LogP contribution in [0.25, 0.3) is 0 Å². The molecule has 1 aliphatic heterocycles. The fourth-order valence-corrected chi connectivity index (χ4v) is 3.34. The van der Waals surface area contributed by atoms with E-state index in [1.54, 1.807) is 12.1 Å². The van der Waals surface area contributed by atoms with E-state index in [2.05, 4.69) is 32.3 Å². The first-order valence-corrected chi connectivity index (χ1v) is 8.99. The molecule has 1 fully saturated rings. The van der Waals surface area contributed by atoms with E-state index in [1.165, 1.54) is 11.9 Å². The molecule has 2 aromatic rings. The maximum absolute atomic E-state index is 12.1. The molecule has 1 N–H and O–H groups in total. The quantitative estimate of drug-likeness (QED) is 0.910. The number of nitrogens with one attached hydrogen (secondary N) is 1. The Kier molecular flexibility index (Phi) is 5.53. The summed E-state index contributed by atoms with van der Waals surface area (Å²) in [5.41, 5.74) is 3.77. The van der Waals surface area contributed by atoms with Crippen LogP contribution in [0.3, 0.4) is 0 Å². The van der Waals surface area contributed by atoms with Crippen molar-refractivity contribution in [3.63, 3.8) is 0 Å². The molecule has 0 atom stereocenters. The van der Waals surface area contributed by atoms with Crippen LogP contribution in [0.1, 0.15) is 34.7 Å². The van der Waals surface area contributed by atoms with E-state index in [4.69, 9.17) is 11.6 Å². The fraction of sp³-hybridized carbons (Fsp3) is 0.421. The normalized spacial score (nSPS) is 15.2. The Labute approximate surface area is 153 Å². The van der Waals surface area contributed by atoms with Crippen molar-refractivity contribution in [3.05, 3.63) is 52.6 Å². The molecule has 0 aromatic carbocycles. The topological polar surface area (TPSA) is 58.1 Å². The second kappa shape index (κ2) is 7.83. The molecule has 0 bridgehead atoms. The van der Waals surface area contributed by atoms with Gasteiger partial charge in [-0.15, -0.1) is 0 Å². The van der Waals surface area contributed by atoms with Crippen LogP contribution in [-0.4, -0.2) is 35.5 Å². The van der Waals surface area contributed by atoms with Crippen LogP contribution in [0.2, 0.25) is 5.02 Å². The number of carbonyl (C=O) groups excluding carboxylic acids is 1. The minimum atomic E-state index is -0.139. The van der Waals surface area contributed by atoms with Crippen LogP contribution in [0.5, 0.6) is 0 Å². The zero-order valence-corrected chi connectivity index (χ0v) is 15.4. The third-order valence-corrected chi connectivity index (χ3v) is 4.78. The highest BCUT2D eigenvalue weighted by atomic mass is 35.5. The SMILES string of the molecule is Cc1cc(N2CCC(CNC(=O)c3ccc(Cl)cn3)CC2)cc(C)n1. The maximum atomic E-state index is 12.1. The summed E-state index contributed by atoms with van der Waals surface area (Å²) in [6, 6.07) is 7.61. The second-order valence-corrected chi connectivity index (χ2v) is 7.05. The van der Waals surface area contributed by atoms with Gasteiger partial charge in [-0.1, -0.05) is 11.6 Å². The van der Waals surface area contributed by atoms with Gasteiger partial charge in [0.1, 0.15) is 5.69 Å². The minimum absolute atomic E-state index is 0.139. The molecule has 0 aliphatic carbocycles. The molecule has 1 aliphatic rings. The summed E-state index contributed by atoms with van der Waals surface area (Å²) in [6.45, 7) is 6.75. The lowest BCUT2D eigenvalue weighted by atomic mass is 9.96. The first-order chi connectivity index (χ1) is 12.0.